The lowest BCUT2D eigenvalue weighted by atomic mass is 10.1. The van der Waals surface area contributed by atoms with Gasteiger partial charge in [-0.05, 0) is 84.9 Å². The van der Waals surface area contributed by atoms with Crippen LogP contribution in [0.5, 0.6) is 0 Å². The first-order valence-electron chi connectivity index (χ1n) is 15.1. The van der Waals surface area contributed by atoms with Crippen molar-refractivity contribution in [2.24, 2.45) is 0 Å². The van der Waals surface area contributed by atoms with Crippen molar-refractivity contribution < 1.29 is 4.42 Å². The molecule has 0 atom stereocenters. The molecule has 5 heterocycles. The van der Waals surface area contributed by atoms with E-state index in [-0.39, 0.29) is 0 Å². The van der Waals surface area contributed by atoms with Crippen molar-refractivity contribution >= 4 is 32.9 Å². The summed E-state index contributed by atoms with van der Waals surface area (Å²) in [6.07, 6.45) is 5.45. The summed E-state index contributed by atoms with van der Waals surface area (Å²) in [6, 6.07) is 45.4. The number of hydrogen-bond acceptors (Lipinski definition) is 5. The molecule has 0 unspecified atom stereocenters. The minimum absolute atomic E-state index is 0.572. The van der Waals surface area contributed by atoms with Crippen LogP contribution < -0.4 is 0 Å². The largest absolute Gasteiger partial charge is 0.436 e. The zero-order valence-corrected chi connectivity index (χ0v) is 24.6. The summed E-state index contributed by atoms with van der Waals surface area (Å²) >= 11 is 0. The van der Waals surface area contributed by atoms with Gasteiger partial charge in [-0.15, -0.1) is 0 Å². The highest BCUT2D eigenvalue weighted by molar-refractivity contribution is 6.11. The topological polar surface area (TPSA) is 69.6 Å². The van der Waals surface area contributed by atoms with E-state index in [0.29, 0.717) is 5.89 Å². The fourth-order valence-corrected chi connectivity index (χ4v) is 6.20. The maximum absolute atomic E-state index is 6.37. The third kappa shape index (κ3) is 4.43. The summed E-state index contributed by atoms with van der Waals surface area (Å²) < 4.78 is 8.68. The Kier molecular flexibility index (Phi) is 6.03. The number of hydrogen-bond donors (Lipinski definition) is 0. The molecular formula is C40H25N5O. The number of pyridine rings is 3. The number of aromatic nitrogens is 5. The molecule has 6 nitrogen and oxygen atoms in total. The fraction of sp³-hybridized carbons (Fsp3) is 0. The summed E-state index contributed by atoms with van der Waals surface area (Å²) in [5, 5.41) is 2.28. The minimum atomic E-state index is 0.572. The van der Waals surface area contributed by atoms with E-state index < -0.39 is 0 Å². The number of oxazole rings is 1. The molecule has 0 aliphatic rings. The molecule has 0 spiro atoms. The molecular weight excluding hydrogens is 566 g/mol. The standard InChI is InChI=1S/C40H25N5O/c1-4-19-41-33(10-1)26-8-7-9-30(22-26)45-37-18-15-27(34-11-2-5-20-42-34)23-32(37)31-16-13-29(24-38(31)45)40-44-36-17-14-28(25-39(36)46-40)35-12-3-6-21-43-35/h1-25H. The highest BCUT2D eigenvalue weighted by Crippen LogP contribution is 2.38. The lowest BCUT2D eigenvalue weighted by Gasteiger charge is -2.11. The SMILES string of the molecule is c1ccc(-c2cccc(-n3c4ccc(-c5ccccn5)cc4c4ccc(-c5nc6ccc(-c7ccccn7)cc6o5)cc43)c2)nc1. The molecule has 4 aromatic carbocycles. The number of benzene rings is 4. The predicted octanol–water partition coefficient (Wildman–Crippen LogP) is 9.78. The van der Waals surface area contributed by atoms with Gasteiger partial charge >= 0.3 is 0 Å². The van der Waals surface area contributed by atoms with Gasteiger partial charge in [-0.3, -0.25) is 15.0 Å². The van der Waals surface area contributed by atoms with Crippen LogP contribution in [0.15, 0.2) is 156 Å². The lowest BCUT2D eigenvalue weighted by molar-refractivity contribution is 0.620. The molecule has 0 saturated carbocycles. The summed E-state index contributed by atoms with van der Waals surface area (Å²) in [6.45, 7) is 0. The van der Waals surface area contributed by atoms with E-state index in [1.54, 1.807) is 6.20 Å². The molecule has 6 heteroatoms. The maximum atomic E-state index is 6.37. The second kappa shape index (κ2) is 10.6. The Balaban J connectivity index is 1.24. The molecule has 9 rings (SSSR count). The van der Waals surface area contributed by atoms with E-state index in [1.807, 2.05) is 85.2 Å². The van der Waals surface area contributed by atoms with Gasteiger partial charge in [0.25, 0.3) is 0 Å². The Labute approximate surface area is 264 Å². The van der Waals surface area contributed by atoms with Crippen molar-refractivity contribution in [1.82, 2.24) is 24.5 Å². The summed E-state index contributed by atoms with van der Waals surface area (Å²) in [5.41, 5.74) is 11.5. The monoisotopic (exact) mass is 591 g/mol. The maximum Gasteiger partial charge on any atom is 0.227 e. The van der Waals surface area contributed by atoms with Crippen LogP contribution >= 0.6 is 0 Å². The molecule has 46 heavy (non-hydrogen) atoms. The highest BCUT2D eigenvalue weighted by Gasteiger charge is 2.17. The van der Waals surface area contributed by atoms with Gasteiger partial charge in [0.1, 0.15) is 5.52 Å². The summed E-state index contributed by atoms with van der Waals surface area (Å²) in [4.78, 5) is 18.6. The van der Waals surface area contributed by atoms with Crippen molar-refractivity contribution in [3.8, 4) is 50.9 Å². The van der Waals surface area contributed by atoms with Crippen molar-refractivity contribution in [2.45, 2.75) is 0 Å². The first-order chi connectivity index (χ1) is 22.8. The van der Waals surface area contributed by atoms with Gasteiger partial charge in [-0.25, -0.2) is 4.98 Å². The fourth-order valence-electron chi connectivity index (χ4n) is 6.20. The van der Waals surface area contributed by atoms with Crippen molar-refractivity contribution in [2.75, 3.05) is 0 Å². The van der Waals surface area contributed by atoms with Crippen LogP contribution in [0.3, 0.4) is 0 Å². The molecule has 0 saturated heterocycles. The second-order valence-electron chi connectivity index (χ2n) is 11.2. The van der Waals surface area contributed by atoms with Gasteiger partial charge in [0, 0.05) is 57.3 Å². The molecule has 0 N–H and O–H groups in total. The number of nitrogens with zero attached hydrogens (tertiary/aromatic N) is 5. The van der Waals surface area contributed by atoms with Gasteiger partial charge in [-0.1, -0.05) is 48.5 Å². The highest BCUT2D eigenvalue weighted by atomic mass is 16.3. The molecule has 216 valence electrons. The average molecular weight is 592 g/mol. The molecule has 0 amide bonds. The lowest BCUT2D eigenvalue weighted by Crippen LogP contribution is -1.95. The third-order valence-electron chi connectivity index (χ3n) is 8.39. The normalized spacial score (nSPS) is 11.5. The molecule has 0 aliphatic carbocycles. The molecule has 0 radical (unpaired) electrons. The third-order valence-corrected chi connectivity index (χ3v) is 8.39. The summed E-state index contributed by atoms with van der Waals surface area (Å²) in [5.74, 6) is 0.572. The van der Waals surface area contributed by atoms with Gasteiger partial charge in [-0.2, -0.15) is 0 Å². The molecule has 0 aliphatic heterocycles. The predicted molar refractivity (Wildman–Crippen MR) is 183 cm³/mol. The van der Waals surface area contributed by atoms with E-state index in [9.17, 15) is 0 Å². The van der Waals surface area contributed by atoms with Crippen LogP contribution in [-0.2, 0) is 0 Å². The van der Waals surface area contributed by atoms with E-state index >= 15 is 0 Å². The van der Waals surface area contributed by atoms with E-state index in [1.165, 1.54) is 0 Å². The van der Waals surface area contributed by atoms with Crippen molar-refractivity contribution in [1.29, 1.82) is 0 Å². The van der Waals surface area contributed by atoms with Crippen LogP contribution in [0.2, 0.25) is 0 Å². The molecule has 9 aromatic rings. The first kappa shape index (κ1) is 26.0. The molecule has 0 fully saturated rings. The smallest absolute Gasteiger partial charge is 0.227 e. The Bertz CT molecular complexity index is 2520. The zero-order chi connectivity index (χ0) is 30.5. The Hall–Kier alpha value is -6.40. The van der Waals surface area contributed by atoms with Gasteiger partial charge in [0.15, 0.2) is 5.58 Å². The molecule has 0 bridgehead atoms. The van der Waals surface area contributed by atoms with Crippen molar-refractivity contribution in [3.05, 3.63) is 152 Å². The van der Waals surface area contributed by atoms with Gasteiger partial charge in [0.2, 0.25) is 5.89 Å². The Morgan fingerprint density at radius 3 is 1.80 bits per heavy atom. The van der Waals surface area contributed by atoms with Crippen LogP contribution in [-0.4, -0.2) is 24.5 Å². The minimum Gasteiger partial charge on any atom is -0.436 e. The van der Waals surface area contributed by atoms with Crippen LogP contribution in [0.25, 0.3) is 83.8 Å². The van der Waals surface area contributed by atoms with Gasteiger partial charge < -0.3 is 8.98 Å². The van der Waals surface area contributed by atoms with E-state index in [2.05, 4.69) is 80.2 Å². The molecule has 5 aromatic heterocycles. The van der Waals surface area contributed by atoms with Gasteiger partial charge in [0.05, 0.1) is 28.1 Å². The number of rotatable bonds is 5. The van der Waals surface area contributed by atoms with E-state index in [0.717, 1.165) is 77.9 Å². The second-order valence-corrected chi connectivity index (χ2v) is 11.2. The van der Waals surface area contributed by atoms with Crippen LogP contribution in [0, 0.1) is 0 Å². The van der Waals surface area contributed by atoms with Crippen LogP contribution in [0.4, 0.5) is 0 Å². The average Bonchev–Trinajstić information content (AvgIpc) is 3.71. The Morgan fingerprint density at radius 1 is 0.457 bits per heavy atom. The quantitative estimate of drug-likeness (QED) is 0.199. The zero-order valence-electron chi connectivity index (χ0n) is 24.6. The Morgan fingerprint density at radius 2 is 1.11 bits per heavy atom. The van der Waals surface area contributed by atoms with Crippen LogP contribution in [0.1, 0.15) is 0 Å². The number of fused-ring (bicyclic) bond motifs is 4. The van der Waals surface area contributed by atoms with Crippen molar-refractivity contribution in [3.63, 3.8) is 0 Å². The van der Waals surface area contributed by atoms with E-state index in [4.69, 9.17) is 9.40 Å². The summed E-state index contributed by atoms with van der Waals surface area (Å²) in [7, 11) is 0. The first-order valence-corrected chi connectivity index (χ1v) is 15.1.